The van der Waals surface area contributed by atoms with Gasteiger partial charge in [-0.15, -0.1) is 0 Å². The fourth-order valence-electron chi connectivity index (χ4n) is 2.58. The molecule has 0 amide bonds. The molecular formula is C12H22O4. The second kappa shape index (κ2) is 5.45. The summed E-state index contributed by atoms with van der Waals surface area (Å²) in [4.78, 5) is 0. The van der Waals surface area contributed by atoms with E-state index in [9.17, 15) is 0 Å². The van der Waals surface area contributed by atoms with Gasteiger partial charge in [-0.05, 0) is 32.1 Å². The molecule has 4 heteroatoms. The van der Waals surface area contributed by atoms with Crippen LogP contribution in [0.3, 0.4) is 0 Å². The van der Waals surface area contributed by atoms with Crippen LogP contribution < -0.4 is 0 Å². The predicted octanol–water partition coefficient (Wildman–Crippen LogP) is 1.32. The molecule has 0 saturated carbocycles. The normalized spacial score (nSPS) is 40.1. The lowest BCUT2D eigenvalue weighted by molar-refractivity contribution is -0.173. The zero-order valence-corrected chi connectivity index (χ0v) is 9.98. The first kappa shape index (κ1) is 12.3. The van der Waals surface area contributed by atoms with Gasteiger partial charge >= 0.3 is 0 Å². The summed E-state index contributed by atoms with van der Waals surface area (Å²) in [6.07, 6.45) is 3.96. The molecule has 0 aliphatic carbocycles. The summed E-state index contributed by atoms with van der Waals surface area (Å²) in [5, 5.41) is 8.86. The summed E-state index contributed by atoms with van der Waals surface area (Å²) in [5.74, 6) is 0.0807. The van der Waals surface area contributed by atoms with Gasteiger partial charge in [0.15, 0.2) is 5.79 Å². The Labute approximate surface area is 96.9 Å². The highest BCUT2D eigenvalue weighted by Crippen LogP contribution is 2.33. The van der Waals surface area contributed by atoms with Crippen LogP contribution in [-0.2, 0) is 14.2 Å². The Morgan fingerprint density at radius 2 is 2.25 bits per heavy atom. The molecule has 3 unspecified atom stereocenters. The monoisotopic (exact) mass is 230 g/mol. The summed E-state index contributed by atoms with van der Waals surface area (Å²) < 4.78 is 17.0. The van der Waals surface area contributed by atoms with E-state index in [0.29, 0.717) is 18.9 Å². The van der Waals surface area contributed by atoms with Crippen molar-refractivity contribution < 1.29 is 19.3 Å². The SMILES string of the molecule is CC1(CC2CCCOC2)OCC(CCO)O1. The minimum atomic E-state index is -0.467. The minimum absolute atomic E-state index is 0.0551. The Hall–Kier alpha value is -0.160. The van der Waals surface area contributed by atoms with E-state index in [1.54, 1.807) is 0 Å². The second-order valence-electron chi connectivity index (χ2n) is 4.98. The van der Waals surface area contributed by atoms with Crippen molar-refractivity contribution in [2.45, 2.75) is 44.5 Å². The van der Waals surface area contributed by atoms with E-state index in [4.69, 9.17) is 19.3 Å². The van der Waals surface area contributed by atoms with Crippen LogP contribution in [0.25, 0.3) is 0 Å². The van der Waals surface area contributed by atoms with Crippen LogP contribution >= 0.6 is 0 Å². The maximum Gasteiger partial charge on any atom is 0.166 e. The van der Waals surface area contributed by atoms with Crippen LogP contribution in [0.15, 0.2) is 0 Å². The van der Waals surface area contributed by atoms with Gasteiger partial charge in [-0.2, -0.15) is 0 Å². The highest BCUT2D eigenvalue weighted by Gasteiger charge is 2.39. The molecule has 4 nitrogen and oxygen atoms in total. The van der Waals surface area contributed by atoms with Gasteiger partial charge in [-0.1, -0.05) is 0 Å². The molecular weight excluding hydrogens is 208 g/mol. The van der Waals surface area contributed by atoms with Crippen LogP contribution in [0, 0.1) is 5.92 Å². The molecule has 94 valence electrons. The highest BCUT2D eigenvalue weighted by atomic mass is 16.7. The van der Waals surface area contributed by atoms with E-state index >= 15 is 0 Å². The number of aliphatic hydroxyl groups is 1. The third-order valence-electron chi connectivity index (χ3n) is 3.36. The van der Waals surface area contributed by atoms with Gasteiger partial charge in [0.2, 0.25) is 0 Å². The first-order valence-corrected chi connectivity index (χ1v) is 6.22. The van der Waals surface area contributed by atoms with E-state index in [2.05, 4.69) is 0 Å². The fourth-order valence-corrected chi connectivity index (χ4v) is 2.58. The van der Waals surface area contributed by atoms with Crippen LogP contribution in [0.1, 0.15) is 32.6 Å². The Bertz CT molecular complexity index is 215. The van der Waals surface area contributed by atoms with E-state index in [-0.39, 0.29) is 12.7 Å². The van der Waals surface area contributed by atoms with Crippen LogP contribution in [0.4, 0.5) is 0 Å². The van der Waals surface area contributed by atoms with Crippen LogP contribution in [0.2, 0.25) is 0 Å². The van der Waals surface area contributed by atoms with Crippen LogP contribution in [-0.4, -0.2) is 43.4 Å². The highest BCUT2D eigenvalue weighted by molar-refractivity contribution is 4.79. The maximum absolute atomic E-state index is 8.86. The Morgan fingerprint density at radius 3 is 2.94 bits per heavy atom. The molecule has 2 rings (SSSR count). The number of hydrogen-bond acceptors (Lipinski definition) is 4. The Balaban J connectivity index is 1.79. The van der Waals surface area contributed by atoms with Gasteiger partial charge in [0.05, 0.1) is 12.7 Å². The van der Waals surface area contributed by atoms with E-state index in [1.807, 2.05) is 6.92 Å². The largest absolute Gasteiger partial charge is 0.396 e. The topological polar surface area (TPSA) is 47.9 Å². The molecule has 2 aliphatic heterocycles. The zero-order chi connectivity index (χ0) is 11.4. The molecule has 16 heavy (non-hydrogen) atoms. The summed E-state index contributed by atoms with van der Waals surface area (Å²) in [6, 6.07) is 0. The van der Waals surface area contributed by atoms with E-state index in [0.717, 1.165) is 26.1 Å². The van der Waals surface area contributed by atoms with Crippen LogP contribution in [0.5, 0.6) is 0 Å². The van der Waals surface area contributed by atoms with Crippen molar-refractivity contribution in [2.24, 2.45) is 5.92 Å². The number of ether oxygens (including phenoxy) is 3. The predicted molar refractivity (Wildman–Crippen MR) is 59.1 cm³/mol. The van der Waals surface area contributed by atoms with Crippen molar-refractivity contribution in [3.05, 3.63) is 0 Å². The lowest BCUT2D eigenvalue weighted by Gasteiger charge is -2.30. The van der Waals surface area contributed by atoms with Gasteiger partial charge in [0.1, 0.15) is 0 Å². The van der Waals surface area contributed by atoms with E-state index in [1.165, 1.54) is 6.42 Å². The molecule has 2 heterocycles. The first-order valence-electron chi connectivity index (χ1n) is 6.22. The van der Waals surface area contributed by atoms with Gasteiger partial charge in [0, 0.05) is 26.2 Å². The van der Waals surface area contributed by atoms with Gasteiger partial charge in [-0.25, -0.2) is 0 Å². The summed E-state index contributed by atoms with van der Waals surface area (Å²) in [6.45, 7) is 4.48. The average Bonchev–Trinajstić information content (AvgIpc) is 2.62. The molecule has 0 aromatic carbocycles. The third kappa shape index (κ3) is 3.17. The van der Waals surface area contributed by atoms with Gasteiger partial charge in [-0.3, -0.25) is 0 Å². The molecule has 0 radical (unpaired) electrons. The molecule has 3 atom stereocenters. The zero-order valence-electron chi connectivity index (χ0n) is 9.98. The van der Waals surface area contributed by atoms with E-state index < -0.39 is 5.79 Å². The molecule has 0 spiro atoms. The second-order valence-corrected chi connectivity index (χ2v) is 4.98. The van der Waals surface area contributed by atoms with Crippen molar-refractivity contribution in [1.29, 1.82) is 0 Å². The molecule has 1 N–H and O–H groups in total. The van der Waals surface area contributed by atoms with Gasteiger partial charge < -0.3 is 19.3 Å². The van der Waals surface area contributed by atoms with Gasteiger partial charge in [0.25, 0.3) is 0 Å². The number of hydrogen-bond donors (Lipinski definition) is 1. The summed E-state index contributed by atoms with van der Waals surface area (Å²) >= 11 is 0. The molecule has 2 saturated heterocycles. The number of rotatable bonds is 4. The van der Waals surface area contributed by atoms with Crippen molar-refractivity contribution in [3.63, 3.8) is 0 Å². The molecule has 2 fully saturated rings. The fraction of sp³-hybridized carbons (Fsp3) is 1.00. The first-order chi connectivity index (χ1) is 7.72. The third-order valence-corrected chi connectivity index (χ3v) is 3.36. The smallest absolute Gasteiger partial charge is 0.166 e. The van der Waals surface area contributed by atoms with Crippen molar-refractivity contribution >= 4 is 0 Å². The lowest BCUT2D eigenvalue weighted by Crippen LogP contribution is -2.33. The Morgan fingerprint density at radius 1 is 1.38 bits per heavy atom. The molecule has 2 aliphatic rings. The molecule has 0 bridgehead atoms. The van der Waals surface area contributed by atoms with Crippen molar-refractivity contribution in [3.8, 4) is 0 Å². The minimum Gasteiger partial charge on any atom is -0.396 e. The quantitative estimate of drug-likeness (QED) is 0.791. The average molecular weight is 230 g/mol. The molecule has 0 aromatic heterocycles. The Kier molecular flexibility index (Phi) is 4.19. The van der Waals surface area contributed by atoms with Crippen molar-refractivity contribution in [2.75, 3.05) is 26.4 Å². The lowest BCUT2D eigenvalue weighted by atomic mass is 9.94. The molecule has 0 aromatic rings. The maximum atomic E-state index is 8.86. The number of aliphatic hydroxyl groups excluding tert-OH is 1. The standard InChI is InChI=1S/C12H22O4/c1-12(7-10-3-2-6-14-8-10)15-9-11(16-12)4-5-13/h10-11,13H,2-9H2,1H3. The summed E-state index contributed by atoms with van der Waals surface area (Å²) in [7, 11) is 0. The summed E-state index contributed by atoms with van der Waals surface area (Å²) in [5.41, 5.74) is 0. The van der Waals surface area contributed by atoms with Crippen molar-refractivity contribution in [1.82, 2.24) is 0 Å².